The first-order valence-corrected chi connectivity index (χ1v) is 10.7. The van der Waals surface area contributed by atoms with Crippen molar-refractivity contribution in [3.63, 3.8) is 0 Å². The molecule has 1 aliphatic heterocycles. The maximum atomic E-state index is 13.3. The van der Waals surface area contributed by atoms with Crippen LogP contribution in [-0.4, -0.2) is 61.8 Å². The highest BCUT2D eigenvalue weighted by atomic mass is 35.5. The first kappa shape index (κ1) is 21.4. The largest absolute Gasteiger partial charge is 0.417 e. The zero-order valence-electron chi connectivity index (χ0n) is 15.2. The van der Waals surface area contributed by atoms with Crippen molar-refractivity contribution in [3.05, 3.63) is 28.8 Å². The lowest BCUT2D eigenvalue weighted by molar-refractivity contribution is -0.140. The number of nitrogens with zero attached hydrogens (tertiary/aromatic N) is 2. The number of piperazine rings is 1. The van der Waals surface area contributed by atoms with Crippen LogP contribution in [0.4, 0.5) is 13.2 Å². The molecule has 0 spiro atoms. The smallest absolute Gasteiger partial charge is 0.352 e. The van der Waals surface area contributed by atoms with Crippen LogP contribution in [0.25, 0.3) is 0 Å². The predicted molar refractivity (Wildman–Crippen MR) is 97.4 cm³/mol. The number of hydrogen-bond donors (Lipinski definition) is 1. The van der Waals surface area contributed by atoms with Crippen LogP contribution < -0.4 is 5.32 Å². The Morgan fingerprint density at radius 2 is 1.82 bits per heavy atom. The van der Waals surface area contributed by atoms with Gasteiger partial charge in [0, 0.05) is 37.2 Å². The van der Waals surface area contributed by atoms with E-state index in [1.165, 1.54) is 0 Å². The summed E-state index contributed by atoms with van der Waals surface area (Å²) < 4.78 is 66.5. The van der Waals surface area contributed by atoms with E-state index in [0.29, 0.717) is 6.07 Å². The van der Waals surface area contributed by atoms with Gasteiger partial charge in [0.05, 0.1) is 16.5 Å². The van der Waals surface area contributed by atoms with Crippen LogP contribution in [0, 0.1) is 0 Å². The van der Waals surface area contributed by atoms with Gasteiger partial charge in [-0.05, 0) is 38.0 Å². The summed E-state index contributed by atoms with van der Waals surface area (Å²) in [4.78, 5) is 13.2. The van der Waals surface area contributed by atoms with Crippen molar-refractivity contribution in [1.29, 1.82) is 0 Å². The van der Waals surface area contributed by atoms with Gasteiger partial charge in [-0.1, -0.05) is 11.6 Å². The Labute approximate surface area is 166 Å². The second kappa shape index (κ2) is 7.81. The van der Waals surface area contributed by atoms with E-state index in [-0.39, 0.29) is 43.2 Å². The Balaban J connectivity index is 1.72. The first-order valence-electron chi connectivity index (χ1n) is 8.91. The van der Waals surface area contributed by atoms with E-state index in [9.17, 15) is 26.4 Å². The summed E-state index contributed by atoms with van der Waals surface area (Å²) >= 11 is 5.63. The molecular weight excluding hydrogens is 419 g/mol. The molecule has 1 N–H and O–H groups in total. The molecule has 0 aromatic heterocycles. The average Bonchev–Trinajstić information content (AvgIpc) is 3.44. The molecule has 11 heteroatoms. The monoisotopic (exact) mass is 439 g/mol. The maximum Gasteiger partial charge on any atom is 0.417 e. The predicted octanol–water partition coefficient (Wildman–Crippen LogP) is 2.33. The molecule has 3 rings (SSSR count). The third-order valence-electron chi connectivity index (χ3n) is 4.99. The molecule has 1 aromatic carbocycles. The Bertz CT molecular complexity index is 851. The molecular formula is C17H21ClF3N3O3S. The molecule has 6 nitrogen and oxygen atoms in total. The van der Waals surface area contributed by atoms with Crippen LogP contribution in [0.2, 0.25) is 5.02 Å². The standard InChI is InChI=1S/C17H21ClF3N3O3S/c1-11(16(25)22-13-3-4-13)23-6-8-24(9-7-23)28(26,27)15-5-2-12(18)10-14(15)17(19,20)21/h2,5,10-11,13H,3-4,6-9H2,1H3,(H,22,25)/t11-/m0/s1. The van der Waals surface area contributed by atoms with Crippen LogP contribution in [0.5, 0.6) is 0 Å². The average molecular weight is 440 g/mol. The number of nitrogens with one attached hydrogen (secondary N) is 1. The molecule has 0 unspecified atom stereocenters. The highest BCUT2D eigenvalue weighted by molar-refractivity contribution is 7.89. The Morgan fingerprint density at radius 1 is 1.21 bits per heavy atom. The molecule has 1 aliphatic carbocycles. The van der Waals surface area contributed by atoms with E-state index < -0.39 is 32.7 Å². The van der Waals surface area contributed by atoms with Gasteiger partial charge < -0.3 is 5.32 Å². The van der Waals surface area contributed by atoms with Crippen molar-refractivity contribution < 1.29 is 26.4 Å². The highest BCUT2D eigenvalue weighted by Gasteiger charge is 2.40. The molecule has 1 atom stereocenters. The van der Waals surface area contributed by atoms with Gasteiger partial charge >= 0.3 is 6.18 Å². The van der Waals surface area contributed by atoms with E-state index in [0.717, 1.165) is 29.3 Å². The fourth-order valence-electron chi connectivity index (χ4n) is 3.13. The van der Waals surface area contributed by atoms with Crippen molar-refractivity contribution >= 4 is 27.5 Å². The van der Waals surface area contributed by atoms with Gasteiger partial charge in [-0.3, -0.25) is 9.69 Å². The third-order valence-corrected chi connectivity index (χ3v) is 7.18. The summed E-state index contributed by atoms with van der Waals surface area (Å²) in [6.45, 7) is 2.26. The van der Waals surface area contributed by atoms with Gasteiger partial charge in [0.2, 0.25) is 15.9 Å². The van der Waals surface area contributed by atoms with E-state index in [1.54, 1.807) is 6.92 Å². The SMILES string of the molecule is C[C@@H](C(=O)NC1CC1)N1CCN(S(=O)(=O)c2ccc(Cl)cc2C(F)(F)F)CC1. The summed E-state index contributed by atoms with van der Waals surface area (Å²) in [5.74, 6) is -0.115. The molecule has 2 fully saturated rings. The summed E-state index contributed by atoms with van der Waals surface area (Å²) in [5.41, 5.74) is -1.28. The molecule has 1 heterocycles. The van der Waals surface area contributed by atoms with E-state index >= 15 is 0 Å². The molecule has 0 radical (unpaired) electrons. The summed E-state index contributed by atoms with van der Waals surface area (Å²) in [6, 6.07) is 2.44. The van der Waals surface area contributed by atoms with Gasteiger partial charge in [0.1, 0.15) is 0 Å². The lowest BCUT2D eigenvalue weighted by Crippen LogP contribution is -2.55. The van der Waals surface area contributed by atoms with E-state index in [1.807, 2.05) is 4.90 Å². The maximum absolute atomic E-state index is 13.3. The molecule has 1 saturated carbocycles. The van der Waals surface area contributed by atoms with Gasteiger partial charge in [0.25, 0.3) is 0 Å². The molecule has 1 amide bonds. The third kappa shape index (κ3) is 4.61. The van der Waals surface area contributed by atoms with Crippen LogP contribution in [0.1, 0.15) is 25.3 Å². The number of rotatable bonds is 5. The summed E-state index contributed by atoms with van der Waals surface area (Å²) in [6.07, 6.45) is -2.91. The Kier molecular flexibility index (Phi) is 5.96. The fourth-order valence-corrected chi connectivity index (χ4v) is 4.92. The molecule has 0 bridgehead atoms. The van der Waals surface area contributed by atoms with Crippen LogP contribution in [-0.2, 0) is 21.0 Å². The van der Waals surface area contributed by atoms with Gasteiger partial charge in [-0.25, -0.2) is 8.42 Å². The molecule has 1 aromatic rings. The number of benzene rings is 1. The van der Waals surface area contributed by atoms with Crippen molar-refractivity contribution in [2.24, 2.45) is 0 Å². The van der Waals surface area contributed by atoms with Crippen LogP contribution >= 0.6 is 11.6 Å². The Hall–Kier alpha value is -1.36. The lowest BCUT2D eigenvalue weighted by Gasteiger charge is -2.37. The number of carbonyl (C=O) groups is 1. The van der Waals surface area contributed by atoms with Crippen molar-refractivity contribution in [2.75, 3.05) is 26.2 Å². The summed E-state index contributed by atoms with van der Waals surface area (Å²) in [5, 5.41) is 2.71. The summed E-state index contributed by atoms with van der Waals surface area (Å²) in [7, 11) is -4.34. The topological polar surface area (TPSA) is 69.7 Å². The number of amides is 1. The van der Waals surface area contributed by atoms with Crippen LogP contribution in [0.3, 0.4) is 0 Å². The van der Waals surface area contributed by atoms with Gasteiger partial charge in [0.15, 0.2) is 0 Å². The number of sulfonamides is 1. The van der Waals surface area contributed by atoms with Gasteiger partial charge in [-0.2, -0.15) is 17.5 Å². The molecule has 28 heavy (non-hydrogen) atoms. The normalized spacial score (nSPS) is 20.8. The van der Waals surface area contributed by atoms with Crippen LogP contribution in [0.15, 0.2) is 23.1 Å². The number of carbonyl (C=O) groups excluding carboxylic acids is 1. The van der Waals surface area contributed by atoms with E-state index in [2.05, 4.69) is 5.32 Å². The number of halogens is 4. The molecule has 1 saturated heterocycles. The second-order valence-electron chi connectivity index (χ2n) is 7.04. The fraction of sp³-hybridized carbons (Fsp3) is 0.588. The second-order valence-corrected chi connectivity index (χ2v) is 9.38. The van der Waals surface area contributed by atoms with Crippen molar-refractivity contribution in [1.82, 2.24) is 14.5 Å². The zero-order chi connectivity index (χ0) is 20.7. The zero-order valence-corrected chi connectivity index (χ0v) is 16.7. The highest BCUT2D eigenvalue weighted by Crippen LogP contribution is 2.37. The quantitative estimate of drug-likeness (QED) is 0.764. The minimum atomic E-state index is -4.84. The number of alkyl halides is 3. The first-order chi connectivity index (χ1) is 13.0. The van der Waals surface area contributed by atoms with Crippen molar-refractivity contribution in [2.45, 2.75) is 42.9 Å². The molecule has 156 valence electrons. The van der Waals surface area contributed by atoms with Crippen molar-refractivity contribution in [3.8, 4) is 0 Å². The van der Waals surface area contributed by atoms with Gasteiger partial charge in [-0.15, -0.1) is 0 Å². The minimum absolute atomic E-state index is 0.00328. The number of hydrogen-bond acceptors (Lipinski definition) is 4. The Morgan fingerprint density at radius 3 is 2.36 bits per heavy atom. The lowest BCUT2D eigenvalue weighted by atomic mass is 10.2. The van der Waals surface area contributed by atoms with E-state index in [4.69, 9.17) is 11.6 Å². The molecule has 2 aliphatic rings. The minimum Gasteiger partial charge on any atom is -0.352 e.